The zero-order valence-corrected chi connectivity index (χ0v) is 10.6. The van der Waals surface area contributed by atoms with E-state index in [1.54, 1.807) is 6.92 Å². The molecule has 0 heterocycles. The normalized spacial score (nSPS) is 12.4. The Morgan fingerprint density at radius 2 is 2.07 bits per heavy atom. The maximum atomic E-state index is 10.7. The van der Waals surface area contributed by atoms with Gasteiger partial charge in [-0.05, 0) is 0 Å². The summed E-state index contributed by atoms with van der Waals surface area (Å²) in [4.78, 5) is 10.7. The van der Waals surface area contributed by atoms with E-state index in [4.69, 9.17) is 0 Å². The van der Waals surface area contributed by atoms with E-state index in [0.717, 1.165) is 5.32 Å². The van der Waals surface area contributed by atoms with Gasteiger partial charge in [-0.3, -0.25) is 0 Å². The van der Waals surface area contributed by atoms with E-state index in [9.17, 15) is 9.90 Å². The molecule has 0 aliphatic heterocycles. The van der Waals surface area contributed by atoms with Crippen LogP contribution in [0.4, 0.5) is 0 Å². The predicted molar refractivity (Wildman–Crippen MR) is 62.6 cm³/mol. The van der Waals surface area contributed by atoms with Gasteiger partial charge in [0, 0.05) is 0 Å². The average molecular weight is 271 g/mol. The predicted octanol–water partition coefficient (Wildman–Crippen LogP) is 1.16. The van der Waals surface area contributed by atoms with Crippen LogP contribution in [0.3, 0.4) is 0 Å². The molecule has 1 N–H and O–H groups in total. The van der Waals surface area contributed by atoms with Crippen LogP contribution in [0.15, 0.2) is 30.3 Å². The van der Waals surface area contributed by atoms with Crippen LogP contribution in [-0.2, 0) is 4.79 Å². The Morgan fingerprint density at radius 1 is 1.40 bits per heavy atom. The van der Waals surface area contributed by atoms with Crippen molar-refractivity contribution in [3.8, 4) is 0 Å². The first-order valence-electron chi connectivity index (χ1n) is 5.04. The molecule has 0 amide bonds. The number of carbonyl (C=O) groups excluding carboxylic acids is 1. The van der Waals surface area contributed by atoms with Crippen molar-refractivity contribution >= 4 is 25.2 Å². The molecule has 0 saturated heterocycles. The van der Waals surface area contributed by atoms with Gasteiger partial charge >= 0.3 is 96.6 Å². The molecular weight excluding hydrogens is 255 g/mol. The summed E-state index contributed by atoms with van der Waals surface area (Å²) in [5, 5.41) is 10.4. The average Bonchev–Trinajstić information content (AvgIpc) is 2.25. The number of carbonyl (C=O) groups is 1. The summed E-state index contributed by atoms with van der Waals surface area (Å²) in [6, 6.07) is 10.2. The summed E-state index contributed by atoms with van der Waals surface area (Å²) in [7, 11) is 0. The van der Waals surface area contributed by atoms with E-state index in [2.05, 4.69) is 12.1 Å². The summed E-state index contributed by atoms with van der Waals surface area (Å²) < 4.78 is 1.30. The number of hydrogen-bond acceptors (Lipinski definition) is 2. The van der Waals surface area contributed by atoms with Gasteiger partial charge in [-0.25, -0.2) is 0 Å². The second kappa shape index (κ2) is 6.78. The van der Waals surface area contributed by atoms with Gasteiger partial charge in [0.1, 0.15) is 0 Å². The van der Waals surface area contributed by atoms with Crippen LogP contribution in [-0.4, -0.2) is 32.0 Å². The molecule has 0 bridgehead atoms. The van der Waals surface area contributed by atoms with Crippen LogP contribution in [0, 0.1) is 0 Å². The Bertz CT molecular complexity index is 298. The van der Waals surface area contributed by atoms with Gasteiger partial charge in [0.25, 0.3) is 0 Å². The van der Waals surface area contributed by atoms with Crippen LogP contribution >= 0.6 is 0 Å². The molecule has 1 atom stereocenters. The number of aliphatic hydroxyl groups excluding tert-OH is 1. The first kappa shape index (κ1) is 12.4. The molecule has 0 aliphatic carbocycles. The minimum atomic E-state index is -0.325. The summed E-state index contributed by atoms with van der Waals surface area (Å²) >= 11 is 0.317. The Balaban J connectivity index is 2.22. The van der Waals surface area contributed by atoms with Crippen molar-refractivity contribution in [1.29, 1.82) is 0 Å². The van der Waals surface area contributed by atoms with Gasteiger partial charge < -0.3 is 0 Å². The van der Waals surface area contributed by atoms with Gasteiger partial charge in [0.05, 0.1) is 0 Å². The number of aliphatic hydroxyl groups is 1. The maximum absolute atomic E-state index is 10.7. The molecule has 3 heteroatoms. The summed E-state index contributed by atoms with van der Waals surface area (Å²) in [5.41, 5.74) is 0. The minimum absolute atomic E-state index is 0.154. The Morgan fingerprint density at radius 3 is 2.67 bits per heavy atom. The Labute approximate surface area is 96.9 Å². The second-order valence-electron chi connectivity index (χ2n) is 3.52. The summed E-state index contributed by atoms with van der Waals surface area (Å²) in [5.74, 6) is 0.154. The SMILES string of the molecule is CC(=O)CCC(O)C[Se]c1ccccc1. The van der Waals surface area contributed by atoms with E-state index in [-0.39, 0.29) is 11.9 Å². The first-order chi connectivity index (χ1) is 7.18. The quantitative estimate of drug-likeness (QED) is 0.788. The van der Waals surface area contributed by atoms with Crippen molar-refractivity contribution in [2.75, 3.05) is 0 Å². The zero-order valence-electron chi connectivity index (χ0n) is 8.85. The van der Waals surface area contributed by atoms with Crippen molar-refractivity contribution in [1.82, 2.24) is 0 Å². The molecule has 2 nitrogen and oxygen atoms in total. The Kier molecular flexibility index (Phi) is 5.62. The van der Waals surface area contributed by atoms with Crippen molar-refractivity contribution in [3.05, 3.63) is 30.3 Å². The monoisotopic (exact) mass is 272 g/mol. The fourth-order valence-corrected chi connectivity index (χ4v) is 3.05. The third-order valence-corrected chi connectivity index (χ3v) is 4.44. The van der Waals surface area contributed by atoms with Crippen molar-refractivity contribution in [3.63, 3.8) is 0 Å². The third kappa shape index (κ3) is 5.73. The van der Waals surface area contributed by atoms with E-state index >= 15 is 0 Å². The number of hydrogen-bond donors (Lipinski definition) is 1. The third-order valence-electron chi connectivity index (χ3n) is 2.02. The molecule has 1 aromatic carbocycles. The molecule has 0 aromatic heterocycles. The second-order valence-corrected chi connectivity index (χ2v) is 5.81. The van der Waals surface area contributed by atoms with Gasteiger partial charge in [-0.1, -0.05) is 0 Å². The van der Waals surface area contributed by atoms with Crippen LogP contribution in [0.2, 0.25) is 5.32 Å². The molecule has 1 unspecified atom stereocenters. The summed E-state index contributed by atoms with van der Waals surface area (Å²) in [6.45, 7) is 1.56. The van der Waals surface area contributed by atoms with E-state index < -0.39 is 0 Å². The molecule has 0 saturated carbocycles. The van der Waals surface area contributed by atoms with Crippen molar-refractivity contribution < 1.29 is 9.90 Å². The van der Waals surface area contributed by atoms with Gasteiger partial charge in [-0.15, -0.1) is 0 Å². The molecule has 15 heavy (non-hydrogen) atoms. The molecular formula is C12H16O2Se. The van der Waals surface area contributed by atoms with Crippen LogP contribution in [0.5, 0.6) is 0 Å². The Hall–Kier alpha value is -0.631. The van der Waals surface area contributed by atoms with Crippen LogP contribution in [0.1, 0.15) is 19.8 Å². The fourth-order valence-electron chi connectivity index (χ4n) is 1.16. The van der Waals surface area contributed by atoms with Crippen molar-refractivity contribution in [2.24, 2.45) is 0 Å². The molecule has 0 fully saturated rings. The molecule has 1 rings (SSSR count). The van der Waals surface area contributed by atoms with E-state index in [0.29, 0.717) is 27.8 Å². The molecule has 0 radical (unpaired) electrons. The standard InChI is InChI=1S/C12H16O2Se/c1-10(13)7-8-11(14)9-15-12-5-3-2-4-6-12/h2-6,11,14H,7-9H2,1H3. The molecule has 1 aromatic rings. The van der Waals surface area contributed by atoms with E-state index in [1.165, 1.54) is 4.46 Å². The summed E-state index contributed by atoms with van der Waals surface area (Å²) in [6.07, 6.45) is 0.768. The zero-order chi connectivity index (χ0) is 11.1. The molecule has 82 valence electrons. The number of rotatable bonds is 6. The fraction of sp³-hybridized carbons (Fsp3) is 0.417. The van der Waals surface area contributed by atoms with Crippen LogP contribution < -0.4 is 4.46 Å². The topological polar surface area (TPSA) is 37.3 Å². The van der Waals surface area contributed by atoms with Crippen LogP contribution in [0.25, 0.3) is 0 Å². The van der Waals surface area contributed by atoms with Gasteiger partial charge in [-0.2, -0.15) is 0 Å². The molecule has 0 spiro atoms. The first-order valence-corrected chi connectivity index (χ1v) is 7.10. The van der Waals surface area contributed by atoms with E-state index in [1.807, 2.05) is 18.2 Å². The number of Topliss-reactive ketones (excluding diaryl/α,β-unsaturated/α-hetero) is 1. The van der Waals surface area contributed by atoms with Crippen molar-refractivity contribution in [2.45, 2.75) is 31.2 Å². The molecule has 0 aliphatic rings. The number of ketones is 1. The van der Waals surface area contributed by atoms with Gasteiger partial charge in [0.15, 0.2) is 0 Å². The number of benzene rings is 1. The van der Waals surface area contributed by atoms with Gasteiger partial charge in [0.2, 0.25) is 0 Å².